The molecule has 2 aliphatic heterocycles. The van der Waals surface area contributed by atoms with E-state index in [-0.39, 0.29) is 40.3 Å². The van der Waals surface area contributed by atoms with Crippen LogP contribution in [-0.4, -0.2) is 60.4 Å². The number of rotatable bonds is 4. The maximum absolute atomic E-state index is 12.1. The van der Waals surface area contributed by atoms with Crippen molar-refractivity contribution in [1.29, 1.82) is 0 Å². The maximum Gasteiger partial charge on any atom is 0.336 e. The number of aliphatic hydroxyl groups is 2. The zero-order chi connectivity index (χ0) is 19.6. The number of carbonyl (C=O) groups is 1. The fourth-order valence-corrected chi connectivity index (χ4v) is 6.41. The quantitative estimate of drug-likeness (QED) is 0.439. The van der Waals surface area contributed by atoms with Crippen LogP contribution in [0.1, 0.15) is 46.5 Å². The molecular weight excluding hydrogens is 348 g/mol. The third-order valence-electron chi connectivity index (χ3n) is 7.89. The lowest BCUT2D eigenvalue weighted by atomic mass is 9.44. The van der Waals surface area contributed by atoms with Gasteiger partial charge in [-0.25, -0.2) is 4.79 Å². The average Bonchev–Trinajstić information content (AvgIpc) is 3.50. The predicted octanol–water partition coefficient (Wildman–Crippen LogP) is 1.83. The molecule has 0 aromatic rings. The fraction of sp³-hybridized carbons (Fsp3) is 0.857. The van der Waals surface area contributed by atoms with Crippen LogP contribution >= 0.6 is 0 Å². The van der Waals surface area contributed by atoms with Crippen molar-refractivity contribution in [2.45, 2.75) is 70.4 Å². The number of fused-ring (bicyclic) bond motifs is 1. The van der Waals surface area contributed by atoms with Gasteiger partial charge in [-0.15, -0.1) is 0 Å². The number of esters is 1. The second-order valence-electron chi connectivity index (χ2n) is 9.75. The molecule has 152 valence electrons. The maximum atomic E-state index is 12.1. The SMILES string of the molecule is COC(=O)/C(=C/C[C@H]1[C@]2(CO2)C[C@@H](O)C2C(C)(C)[C@@H](O)CC[C@@]21C)C1CO1. The van der Waals surface area contributed by atoms with Crippen LogP contribution in [0, 0.1) is 22.7 Å². The van der Waals surface area contributed by atoms with Crippen LogP contribution in [0.15, 0.2) is 11.6 Å². The van der Waals surface area contributed by atoms with Gasteiger partial charge in [0.2, 0.25) is 0 Å². The summed E-state index contributed by atoms with van der Waals surface area (Å²) in [5.41, 5.74) is -0.255. The molecular formula is C21H32O6. The standard InChI is InChI=1S/C21H32O6/c1-19(2)16(23)7-8-20(3)15(21(11-27-21)9-13(22)17(19)20)6-5-12(14-10-26-14)18(24)25-4/h5,13-17,22-23H,6-11H2,1-4H3/b12-5+/t13-,14?,15-,16+,17?,20-,21-/m1/s1. The van der Waals surface area contributed by atoms with Crippen LogP contribution < -0.4 is 0 Å². The van der Waals surface area contributed by atoms with Gasteiger partial charge in [-0.3, -0.25) is 0 Å². The molecule has 2 N–H and O–H groups in total. The van der Waals surface area contributed by atoms with E-state index < -0.39 is 12.2 Å². The number of hydrogen-bond donors (Lipinski definition) is 2. The Morgan fingerprint density at radius 2 is 1.96 bits per heavy atom. The Morgan fingerprint density at radius 3 is 2.52 bits per heavy atom. The Labute approximate surface area is 160 Å². The summed E-state index contributed by atoms with van der Waals surface area (Å²) in [5.74, 6) is -0.162. The molecule has 27 heavy (non-hydrogen) atoms. The molecule has 2 heterocycles. The lowest BCUT2D eigenvalue weighted by molar-refractivity contribution is -0.198. The van der Waals surface area contributed by atoms with E-state index >= 15 is 0 Å². The minimum atomic E-state index is -0.491. The van der Waals surface area contributed by atoms with Gasteiger partial charge in [0.05, 0.1) is 43.7 Å². The number of epoxide rings is 2. The fourth-order valence-electron chi connectivity index (χ4n) is 6.41. The summed E-state index contributed by atoms with van der Waals surface area (Å²) in [6.45, 7) is 7.59. The van der Waals surface area contributed by atoms with Crippen LogP contribution in [0.2, 0.25) is 0 Å². The lowest BCUT2D eigenvalue weighted by Crippen LogP contribution is -2.63. The number of aliphatic hydroxyl groups excluding tert-OH is 2. The first-order chi connectivity index (χ1) is 12.7. The van der Waals surface area contributed by atoms with E-state index in [4.69, 9.17) is 14.2 Å². The molecule has 4 rings (SSSR count). The number of carbonyl (C=O) groups excluding carboxylic acids is 1. The van der Waals surface area contributed by atoms with E-state index in [2.05, 4.69) is 20.8 Å². The molecule has 2 unspecified atom stereocenters. The summed E-state index contributed by atoms with van der Waals surface area (Å²) in [4.78, 5) is 12.1. The van der Waals surface area contributed by atoms with Crippen LogP contribution in [-0.2, 0) is 19.0 Å². The minimum absolute atomic E-state index is 0.0132. The van der Waals surface area contributed by atoms with Crippen molar-refractivity contribution >= 4 is 5.97 Å². The third-order valence-corrected chi connectivity index (χ3v) is 7.89. The normalized spacial score (nSPS) is 48.1. The summed E-state index contributed by atoms with van der Waals surface area (Å²) >= 11 is 0. The van der Waals surface area contributed by atoms with Gasteiger partial charge < -0.3 is 24.4 Å². The Hall–Kier alpha value is -0.950. The summed E-state index contributed by atoms with van der Waals surface area (Å²) in [5, 5.41) is 21.6. The molecule has 2 saturated heterocycles. The molecule has 0 radical (unpaired) electrons. The van der Waals surface area contributed by atoms with E-state index in [1.165, 1.54) is 7.11 Å². The first-order valence-electron chi connectivity index (χ1n) is 10.1. The highest BCUT2D eigenvalue weighted by Crippen LogP contribution is 2.66. The highest BCUT2D eigenvalue weighted by atomic mass is 16.6. The van der Waals surface area contributed by atoms with E-state index in [1.807, 2.05) is 6.08 Å². The van der Waals surface area contributed by atoms with Gasteiger partial charge in [0.1, 0.15) is 6.10 Å². The van der Waals surface area contributed by atoms with E-state index in [9.17, 15) is 15.0 Å². The molecule has 7 atom stereocenters. The summed E-state index contributed by atoms with van der Waals surface area (Å²) < 4.78 is 16.2. The van der Waals surface area contributed by atoms with Gasteiger partial charge in [0.25, 0.3) is 0 Å². The minimum Gasteiger partial charge on any atom is -0.466 e. The number of ether oxygens (including phenoxy) is 3. The molecule has 6 heteroatoms. The van der Waals surface area contributed by atoms with E-state index in [1.54, 1.807) is 0 Å². The van der Waals surface area contributed by atoms with Crippen LogP contribution in [0.5, 0.6) is 0 Å². The van der Waals surface area contributed by atoms with Crippen LogP contribution in [0.4, 0.5) is 0 Å². The van der Waals surface area contributed by atoms with Crippen molar-refractivity contribution < 1.29 is 29.2 Å². The molecule has 6 nitrogen and oxygen atoms in total. The van der Waals surface area contributed by atoms with Gasteiger partial charge in [-0.2, -0.15) is 0 Å². The second-order valence-corrected chi connectivity index (χ2v) is 9.75. The number of allylic oxidation sites excluding steroid dienone is 1. The first-order valence-corrected chi connectivity index (χ1v) is 10.1. The Kier molecular flexibility index (Phi) is 4.50. The van der Waals surface area contributed by atoms with Crippen LogP contribution in [0.25, 0.3) is 0 Å². The summed E-state index contributed by atoms with van der Waals surface area (Å²) in [7, 11) is 1.39. The van der Waals surface area contributed by atoms with Crippen molar-refractivity contribution in [2.75, 3.05) is 20.3 Å². The Morgan fingerprint density at radius 1 is 1.30 bits per heavy atom. The molecule has 0 aromatic carbocycles. The number of hydrogen-bond acceptors (Lipinski definition) is 6. The summed E-state index contributed by atoms with van der Waals surface area (Å²) in [6, 6.07) is 0. The van der Waals surface area contributed by atoms with Gasteiger partial charge in [0.15, 0.2) is 0 Å². The molecule has 1 spiro atoms. The van der Waals surface area contributed by atoms with Gasteiger partial charge in [-0.1, -0.05) is 26.8 Å². The third kappa shape index (κ3) is 2.96. The van der Waals surface area contributed by atoms with Gasteiger partial charge in [0, 0.05) is 6.42 Å². The van der Waals surface area contributed by atoms with Crippen molar-refractivity contribution in [3.63, 3.8) is 0 Å². The van der Waals surface area contributed by atoms with E-state index in [0.717, 1.165) is 12.8 Å². The van der Waals surface area contributed by atoms with Crippen molar-refractivity contribution in [3.8, 4) is 0 Å². The largest absolute Gasteiger partial charge is 0.466 e. The van der Waals surface area contributed by atoms with Crippen LogP contribution in [0.3, 0.4) is 0 Å². The zero-order valence-electron chi connectivity index (χ0n) is 16.7. The molecule has 0 amide bonds. The molecule has 0 bridgehead atoms. The predicted molar refractivity (Wildman–Crippen MR) is 97.9 cm³/mol. The second kappa shape index (κ2) is 6.28. The van der Waals surface area contributed by atoms with Crippen molar-refractivity contribution in [1.82, 2.24) is 0 Å². The lowest BCUT2D eigenvalue weighted by Gasteiger charge is -2.61. The topological polar surface area (TPSA) is 91.8 Å². The monoisotopic (exact) mass is 380 g/mol. The van der Waals surface area contributed by atoms with E-state index in [0.29, 0.717) is 31.6 Å². The smallest absolute Gasteiger partial charge is 0.336 e. The van der Waals surface area contributed by atoms with Crippen molar-refractivity contribution in [2.24, 2.45) is 22.7 Å². The van der Waals surface area contributed by atoms with Gasteiger partial charge in [-0.05, 0) is 41.9 Å². The first kappa shape index (κ1) is 19.4. The zero-order valence-corrected chi connectivity index (χ0v) is 16.7. The molecule has 2 saturated carbocycles. The Bertz CT molecular complexity index is 647. The Balaban J connectivity index is 1.67. The molecule has 4 aliphatic rings. The molecule has 0 aromatic heterocycles. The average molecular weight is 380 g/mol. The number of methoxy groups -OCH3 is 1. The molecule has 4 fully saturated rings. The molecule has 2 aliphatic carbocycles. The highest BCUT2D eigenvalue weighted by molar-refractivity contribution is 5.90. The van der Waals surface area contributed by atoms with Crippen molar-refractivity contribution in [3.05, 3.63) is 11.6 Å². The highest BCUT2D eigenvalue weighted by Gasteiger charge is 2.68. The van der Waals surface area contributed by atoms with Gasteiger partial charge >= 0.3 is 5.97 Å². The summed E-state index contributed by atoms with van der Waals surface area (Å²) in [6.07, 6.45) is 3.75.